The van der Waals surface area contributed by atoms with Gasteiger partial charge in [-0.15, -0.1) is 22.7 Å². The Bertz CT molecular complexity index is 726. The normalized spacial score (nSPS) is 20.7. The number of nitrogens with one attached hydrogen (secondary N) is 1. The summed E-state index contributed by atoms with van der Waals surface area (Å²) >= 11 is 2.98. The van der Waals surface area contributed by atoms with Crippen LogP contribution in [-0.4, -0.2) is 54.0 Å². The number of ketones is 1. The van der Waals surface area contributed by atoms with Crippen LogP contribution in [0.4, 0.5) is 5.13 Å². The second-order valence-corrected chi connectivity index (χ2v) is 8.11. The molecule has 2 aromatic rings. The second kappa shape index (κ2) is 8.76. The Morgan fingerprint density at radius 1 is 1.42 bits per heavy atom. The number of hydrogen-bond donors (Lipinski definition) is 2. The van der Waals surface area contributed by atoms with Gasteiger partial charge in [-0.25, -0.2) is 4.98 Å². The Balaban J connectivity index is 1.71. The van der Waals surface area contributed by atoms with Crippen molar-refractivity contribution >= 4 is 46.6 Å². The monoisotopic (exact) mass is 393 g/mol. The summed E-state index contributed by atoms with van der Waals surface area (Å²) in [4.78, 5) is 31.0. The van der Waals surface area contributed by atoms with Crippen molar-refractivity contribution in [1.82, 2.24) is 10.3 Å². The van der Waals surface area contributed by atoms with Gasteiger partial charge in [-0.1, -0.05) is 6.07 Å². The smallest absolute Gasteiger partial charge is 0.426 e. The molecule has 1 amide bonds. The van der Waals surface area contributed by atoms with E-state index in [-0.39, 0.29) is 24.5 Å². The lowest BCUT2D eigenvalue weighted by molar-refractivity contribution is -0.121. The molecule has 1 aliphatic rings. The number of thiophene rings is 1. The van der Waals surface area contributed by atoms with Crippen LogP contribution in [-0.2, 0) is 20.7 Å². The van der Waals surface area contributed by atoms with Crippen molar-refractivity contribution < 1.29 is 19.3 Å². The number of hydrogen-bond acceptors (Lipinski definition) is 8. The van der Waals surface area contributed by atoms with Gasteiger partial charge in [0.2, 0.25) is 5.91 Å². The summed E-state index contributed by atoms with van der Waals surface area (Å²) < 4.78 is 5.66. The minimum absolute atomic E-state index is 0.0125. The number of amides is 1. The molecule has 1 aliphatic heterocycles. The summed E-state index contributed by atoms with van der Waals surface area (Å²) in [7, 11) is -1.18. The topological polar surface area (TPSA) is 91.8 Å². The third kappa shape index (κ3) is 5.13. The predicted molar refractivity (Wildman–Crippen MR) is 102 cm³/mol. The average Bonchev–Trinajstić information content (AvgIpc) is 3.23. The van der Waals surface area contributed by atoms with Crippen molar-refractivity contribution in [1.29, 1.82) is 0 Å². The molecule has 1 unspecified atom stereocenters. The second-order valence-electron chi connectivity index (χ2n) is 6.20. The summed E-state index contributed by atoms with van der Waals surface area (Å²) in [6.45, 7) is 2.29. The first-order valence-electron chi connectivity index (χ1n) is 8.30. The lowest BCUT2D eigenvalue weighted by Crippen LogP contribution is -2.52. The summed E-state index contributed by atoms with van der Waals surface area (Å²) in [6.07, 6.45) is 1.71. The molecule has 3 rings (SSSR count). The fraction of sp³-hybridized carbons (Fsp3) is 0.438. The fourth-order valence-electron chi connectivity index (χ4n) is 2.89. The number of nitrogens with zero attached hydrogens (tertiary/aromatic N) is 2. The molecule has 0 aromatic carbocycles. The van der Waals surface area contributed by atoms with Crippen molar-refractivity contribution in [2.75, 3.05) is 18.0 Å². The van der Waals surface area contributed by atoms with Crippen LogP contribution in [0.15, 0.2) is 29.1 Å². The number of anilines is 1. The van der Waals surface area contributed by atoms with Gasteiger partial charge in [-0.05, 0) is 18.4 Å². The third-order valence-corrected chi connectivity index (χ3v) is 5.69. The number of carbonyl (C=O) groups excluding carboxylic acids is 2. The molecule has 138 valence electrons. The Labute approximate surface area is 160 Å². The first kappa shape index (κ1) is 19.0. The van der Waals surface area contributed by atoms with E-state index in [1.165, 1.54) is 29.6 Å². The molecule has 0 saturated carbocycles. The van der Waals surface area contributed by atoms with Crippen LogP contribution in [0.2, 0.25) is 0 Å². The molecule has 0 aliphatic carbocycles. The molecule has 0 bridgehead atoms. The highest BCUT2D eigenvalue weighted by Gasteiger charge is 2.37. The third-order valence-electron chi connectivity index (χ3n) is 3.98. The molecule has 2 aromatic heterocycles. The van der Waals surface area contributed by atoms with E-state index < -0.39 is 19.2 Å². The molecule has 0 radical (unpaired) electrons. The molecule has 2 N–H and O–H groups in total. The zero-order valence-corrected chi connectivity index (χ0v) is 16.0. The largest absolute Gasteiger partial charge is 0.480 e. The van der Waals surface area contributed by atoms with Gasteiger partial charge in [-0.3, -0.25) is 9.59 Å². The number of Topliss-reactive ketones (excluding diaryl/α,β-unsaturated/α-hetero) is 1. The molecule has 2 atom stereocenters. The zero-order valence-electron chi connectivity index (χ0n) is 14.3. The maximum atomic E-state index is 12.3. The number of rotatable bonds is 6. The fourth-order valence-corrected chi connectivity index (χ4v) is 4.26. The summed E-state index contributed by atoms with van der Waals surface area (Å²) in [5.41, 5.74) is 0. The van der Waals surface area contributed by atoms with Crippen LogP contribution in [0.1, 0.15) is 18.2 Å². The van der Waals surface area contributed by atoms with Gasteiger partial charge < -0.3 is 19.9 Å². The van der Waals surface area contributed by atoms with Crippen molar-refractivity contribution in [3.63, 3.8) is 0 Å². The van der Waals surface area contributed by atoms with Gasteiger partial charge in [0.25, 0.3) is 0 Å². The Kier molecular flexibility index (Phi) is 6.41. The van der Waals surface area contributed by atoms with E-state index >= 15 is 0 Å². The Morgan fingerprint density at radius 3 is 2.92 bits per heavy atom. The van der Waals surface area contributed by atoms with E-state index in [1.807, 2.05) is 27.8 Å². The van der Waals surface area contributed by atoms with Gasteiger partial charge >= 0.3 is 7.12 Å². The Morgan fingerprint density at radius 2 is 2.27 bits per heavy atom. The van der Waals surface area contributed by atoms with E-state index in [0.717, 1.165) is 10.0 Å². The summed E-state index contributed by atoms with van der Waals surface area (Å²) in [5.74, 6) is -0.797. The van der Waals surface area contributed by atoms with E-state index in [9.17, 15) is 14.6 Å². The van der Waals surface area contributed by atoms with Crippen molar-refractivity contribution in [3.05, 3.63) is 34.0 Å². The summed E-state index contributed by atoms with van der Waals surface area (Å²) in [6, 6.07) is 3.79. The van der Waals surface area contributed by atoms with E-state index in [1.54, 1.807) is 6.20 Å². The number of thiazole rings is 1. The van der Waals surface area contributed by atoms with E-state index in [0.29, 0.717) is 13.1 Å². The molecule has 1 saturated heterocycles. The van der Waals surface area contributed by atoms with Gasteiger partial charge in [0, 0.05) is 36.0 Å². The van der Waals surface area contributed by atoms with Gasteiger partial charge in [0.1, 0.15) is 5.78 Å². The lowest BCUT2D eigenvalue weighted by atomic mass is 9.78. The van der Waals surface area contributed by atoms with Crippen LogP contribution in [0, 0.1) is 0 Å². The Hall–Kier alpha value is -1.75. The summed E-state index contributed by atoms with van der Waals surface area (Å²) in [5, 5.41) is 17.8. The first-order chi connectivity index (χ1) is 12.5. The van der Waals surface area contributed by atoms with Gasteiger partial charge in [0.15, 0.2) is 5.13 Å². The molecule has 3 heterocycles. The predicted octanol–water partition coefficient (Wildman–Crippen LogP) is 1.14. The quantitative estimate of drug-likeness (QED) is 0.716. The molecule has 7 nitrogen and oxygen atoms in total. The zero-order chi connectivity index (χ0) is 18.5. The van der Waals surface area contributed by atoms with E-state index in [4.69, 9.17) is 4.65 Å². The minimum atomic E-state index is -1.18. The average molecular weight is 393 g/mol. The highest BCUT2D eigenvalue weighted by atomic mass is 32.1. The standard InChI is InChI=1S/C16H20BN3O4S2/c1-11(21)7-12-9-20(16-18-4-6-26-16)10-14(17(23)24-12)19-15(22)8-13-3-2-5-25-13/h2-6,12,14,23H,7-10H2,1H3,(H,19,22)/t12?,14-/m0/s1. The molecular formula is C16H20BN3O4S2. The number of carbonyl (C=O) groups is 2. The molecular weight excluding hydrogens is 373 g/mol. The van der Waals surface area contributed by atoms with E-state index in [2.05, 4.69) is 10.3 Å². The maximum absolute atomic E-state index is 12.3. The van der Waals surface area contributed by atoms with Gasteiger partial charge in [0.05, 0.1) is 18.5 Å². The van der Waals surface area contributed by atoms with Crippen LogP contribution >= 0.6 is 22.7 Å². The van der Waals surface area contributed by atoms with Crippen LogP contribution in [0.3, 0.4) is 0 Å². The van der Waals surface area contributed by atoms with Crippen molar-refractivity contribution in [2.24, 2.45) is 0 Å². The van der Waals surface area contributed by atoms with Crippen molar-refractivity contribution in [3.8, 4) is 0 Å². The molecule has 1 fully saturated rings. The van der Waals surface area contributed by atoms with Crippen LogP contribution in [0.5, 0.6) is 0 Å². The SMILES string of the molecule is CC(=O)CC1CN(c2nccs2)C[C@H](NC(=O)Cc2cccs2)B(O)O1. The first-order valence-corrected chi connectivity index (χ1v) is 10.1. The van der Waals surface area contributed by atoms with Gasteiger partial charge in [-0.2, -0.15) is 0 Å². The maximum Gasteiger partial charge on any atom is 0.480 e. The lowest BCUT2D eigenvalue weighted by Gasteiger charge is -2.25. The number of aromatic nitrogens is 1. The molecule has 26 heavy (non-hydrogen) atoms. The van der Waals surface area contributed by atoms with Crippen molar-refractivity contribution in [2.45, 2.75) is 31.8 Å². The molecule has 0 spiro atoms. The van der Waals surface area contributed by atoms with Crippen LogP contribution < -0.4 is 10.2 Å². The molecule has 10 heteroatoms. The van der Waals surface area contributed by atoms with Crippen LogP contribution in [0.25, 0.3) is 0 Å². The highest BCUT2D eigenvalue weighted by molar-refractivity contribution is 7.13. The minimum Gasteiger partial charge on any atom is -0.426 e. The highest BCUT2D eigenvalue weighted by Crippen LogP contribution is 2.22.